The predicted molar refractivity (Wildman–Crippen MR) is 128 cm³/mol. The predicted octanol–water partition coefficient (Wildman–Crippen LogP) is 5.52. The van der Waals surface area contributed by atoms with Gasteiger partial charge in [-0.3, -0.25) is 4.79 Å². The Morgan fingerprint density at radius 2 is 1.81 bits per heavy atom. The van der Waals surface area contributed by atoms with E-state index < -0.39 is 0 Å². The molecule has 1 atom stereocenters. The fraction of sp³-hybridized carbons (Fsp3) is 0.280. The highest BCUT2D eigenvalue weighted by Crippen LogP contribution is 2.35. The molecule has 0 bridgehead atoms. The molecular weight excluding hydrogens is 406 g/mol. The number of ether oxygens (including phenoxy) is 1. The topological polar surface area (TPSA) is 67.0 Å². The van der Waals surface area contributed by atoms with Gasteiger partial charge in [-0.1, -0.05) is 48.9 Å². The molecule has 0 aliphatic carbocycles. The monoisotopic (exact) mass is 433 g/mol. The maximum Gasteiger partial charge on any atom is 0.260 e. The van der Waals surface area contributed by atoms with Gasteiger partial charge in [0.25, 0.3) is 5.56 Å². The van der Waals surface area contributed by atoms with Crippen molar-refractivity contribution in [3.05, 3.63) is 80.7 Å². The molecular formula is C25H27N3O2S. The minimum absolute atomic E-state index is 0.0841. The zero-order valence-electron chi connectivity index (χ0n) is 18.3. The van der Waals surface area contributed by atoms with Gasteiger partial charge in [0.05, 0.1) is 19.0 Å². The Kier molecular flexibility index (Phi) is 6.20. The molecule has 160 valence electrons. The molecule has 5 nitrogen and oxygen atoms in total. The number of hydrogen-bond donors (Lipinski definition) is 2. The maximum absolute atomic E-state index is 13.0. The maximum atomic E-state index is 13.0. The summed E-state index contributed by atoms with van der Waals surface area (Å²) in [5.41, 5.74) is 4.33. The van der Waals surface area contributed by atoms with Gasteiger partial charge in [0.1, 0.15) is 16.4 Å². The number of benzene rings is 2. The summed E-state index contributed by atoms with van der Waals surface area (Å²) in [4.78, 5) is 22.6. The van der Waals surface area contributed by atoms with Gasteiger partial charge in [0.15, 0.2) is 0 Å². The minimum atomic E-state index is -0.0841. The van der Waals surface area contributed by atoms with E-state index >= 15 is 0 Å². The molecule has 0 aliphatic heterocycles. The first-order valence-corrected chi connectivity index (χ1v) is 11.3. The summed E-state index contributed by atoms with van der Waals surface area (Å²) in [6, 6.07) is 16.5. The van der Waals surface area contributed by atoms with E-state index in [4.69, 9.17) is 9.72 Å². The van der Waals surface area contributed by atoms with Crippen LogP contribution in [-0.2, 0) is 6.54 Å². The average molecular weight is 434 g/mol. The molecule has 0 saturated heterocycles. The van der Waals surface area contributed by atoms with E-state index in [0.717, 1.165) is 33.0 Å². The number of hydrogen-bond acceptors (Lipinski definition) is 5. The number of fused-ring (bicyclic) bond motifs is 1. The van der Waals surface area contributed by atoms with E-state index in [9.17, 15) is 4.79 Å². The Morgan fingerprint density at radius 1 is 1.10 bits per heavy atom. The van der Waals surface area contributed by atoms with E-state index in [1.807, 2.05) is 12.1 Å². The first-order chi connectivity index (χ1) is 15.0. The van der Waals surface area contributed by atoms with E-state index in [0.29, 0.717) is 17.8 Å². The molecule has 2 heterocycles. The first-order valence-electron chi connectivity index (χ1n) is 10.5. The van der Waals surface area contributed by atoms with Crippen LogP contribution in [0.4, 0.5) is 0 Å². The summed E-state index contributed by atoms with van der Waals surface area (Å²) in [6.45, 7) is 6.74. The third-order valence-electron chi connectivity index (χ3n) is 5.57. The number of H-pyrrole nitrogens is 1. The molecule has 0 aliphatic rings. The zero-order valence-corrected chi connectivity index (χ0v) is 19.1. The second-order valence-corrected chi connectivity index (χ2v) is 8.91. The lowest BCUT2D eigenvalue weighted by Crippen LogP contribution is -2.23. The Labute approximate surface area is 186 Å². The van der Waals surface area contributed by atoms with Gasteiger partial charge in [-0.05, 0) is 43.5 Å². The number of aromatic amines is 1. The summed E-state index contributed by atoms with van der Waals surface area (Å²) < 4.78 is 5.25. The van der Waals surface area contributed by atoms with E-state index in [1.54, 1.807) is 18.4 Å². The fourth-order valence-electron chi connectivity index (χ4n) is 3.87. The molecule has 6 heteroatoms. The highest BCUT2D eigenvalue weighted by atomic mass is 32.1. The molecule has 0 radical (unpaired) electrons. The van der Waals surface area contributed by atoms with Gasteiger partial charge in [-0.25, -0.2) is 4.98 Å². The lowest BCUT2D eigenvalue weighted by atomic mass is 10.0. The minimum Gasteiger partial charge on any atom is -0.497 e. The molecule has 2 aromatic heterocycles. The van der Waals surface area contributed by atoms with Crippen molar-refractivity contribution in [1.82, 2.24) is 15.3 Å². The quantitative estimate of drug-likeness (QED) is 0.403. The molecule has 4 rings (SSSR count). The summed E-state index contributed by atoms with van der Waals surface area (Å²) in [6.07, 6.45) is 0.925. The van der Waals surface area contributed by atoms with Crippen molar-refractivity contribution < 1.29 is 4.74 Å². The number of rotatable bonds is 7. The number of nitrogens with one attached hydrogen (secondary N) is 2. The van der Waals surface area contributed by atoms with Crippen molar-refractivity contribution >= 4 is 21.6 Å². The van der Waals surface area contributed by atoms with Gasteiger partial charge < -0.3 is 15.0 Å². The summed E-state index contributed by atoms with van der Waals surface area (Å²) in [5, 5.41) is 4.20. The first kappa shape index (κ1) is 21.3. The van der Waals surface area contributed by atoms with E-state index in [-0.39, 0.29) is 11.6 Å². The molecule has 2 N–H and O–H groups in total. The SMILES string of the molecule is CCC(NCc1nc2sc(C)c(-c3ccc(C)cc3)c2c(=O)[nH]1)c1ccc(OC)cc1. The van der Waals surface area contributed by atoms with Gasteiger partial charge in [-0.15, -0.1) is 11.3 Å². The van der Waals surface area contributed by atoms with Crippen molar-refractivity contribution in [3.63, 3.8) is 0 Å². The normalized spacial score (nSPS) is 12.3. The Bertz CT molecular complexity index is 1240. The van der Waals surface area contributed by atoms with E-state index in [2.05, 4.69) is 67.5 Å². The summed E-state index contributed by atoms with van der Waals surface area (Å²) in [7, 11) is 1.67. The van der Waals surface area contributed by atoms with Crippen LogP contribution in [0.15, 0.2) is 53.3 Å². The van der Waals surface area contributed by atoms with Crippen molar-refractivity contribution in [2.45, 2.75) is 39.8 Å². The standard InChI is InChI=1S/C25H27N3O2S/c1-5-20(17-10-12-19(30-4)13-11-17)26-14-21-27-24(29)23-22(16(3)31-25(23)28-21)18-8-6-15(2)7-9-18/h6-13,20,26H,5,14H2,1-4H3,(H,27,28,29). The van der Waals surface area contributed by atoms with Crippen molar-refractivity contribution in [1.29, 1.82) is 0 Å². The van der Waals surface area contributed by atoms with Gasteiger partial charge in [0.2, 0.25) is 0 Å². The molecule has 2 aromatic carbocycles. The molecule has 0 fully saturated rings. The molecule has 0 spiro atoms. The van der Waals surface area contributed by atoms with Crippen LogP contribution in [0.1, 0.15) is 41.2 Å². The number of thiophene rings is 1. The van der Waals surface area contributed by atoms with E-state index in [1.165, 1.54) is 11.1 Å². The van der Waals surface area contributed by atoms with Crippen LogP contribution >= 0.6 is 11.3 Å². The lowest BCUT2D eigenvalue weighted by Gasteiger charge is -2.17. The number of aryl methyl sites for hydroxylation is 2. The van der Waals surface area contributed by atoms with Gasteiger partial charge in [0, 0.05) is 16.5 Å². The van der Waals surface area contributed by atoms with Gasteiger partial charge >= 0.3 is 0 Å². The molecule has 0 saturated carbocycles. The summed E-state index contributed by atoms with van der Waals surface area (Å²) in [5.74, 6) is 1.49. The second-order valence-electron chi connectivity index (χ2n) is 7.71. The largest absolute Gasteiger partial charge is 0.497 e. The third-order valence-corrected chi connectivity index (χ3v) is 6.57. The van der Waals surface area contributed by atoms with Crippen molar-refractivity contribution in [3.8, 4) is 16.9 Å². The van der Waals surface area contributed by atoms with Crippen molar-refractivity contribution in [2.75, 3.05) is 7.11 Å². The average Bonchev–Trinajstić information content (AvgIpc) is 3.11. The second kappa shape index (κ2) is 9.04. The van der Waals surface area contributed by atoms with Crippen LogP contribution in [0.3, 0.4) is 0 Å². The van der Waals surface area contributed by atoms with Crippen LogP contribution in [0.25, 0.3) is 21.3 Å². The highest BCUT2D eigenvalue weighted by Gasteiger charge is 2.17. The van der Waals surface area contributed by atoms with Crippen LogP contribution in [0, 0.1) is 13.8 Å². The smallest absolute Gasteiger partial charge is 0.260 e. The van der Waals surface area contributed by atoms with Crippen LogP contribution in [-0.4, -0.2) is 17.1 Å². The molecule has 0 amide bonds. The Morgan fingerprint density at radius 3 is 2.45 bits per heavy atom. The van der Waals surface area contributed by atoms with Crippen LogP contribution in [0.5, 0.6) is 5.75 Å². The molecule has 31 heavy (non-hydrogen) atoms. The fourth-order valence-corrected chi connectivity index (χ4v) is 4.93. The van der Waals surface area contributed by atoms with Crippen molar-refractivity contribution in [2.24, 2.45) is 0 Å². The summed E-state index contributed by atoms with van der Waals surface area (Å²) >= 11 is 1.57. The van der Waals surface area contributed by atoms with Crippen LogP contribution in [0.2, 0.25) is 0 Å². The molecule has 4 aromatic rings. The van der Waals surface area contributed by atoms with Crippen LogP contribution < -0.4 is 15.6 Å². The number of aromatic nitrogens is 2. The third kappa shape index (κ3) is 4.40. The highest BCUT2D eigenvalue weighted by molar-refractivity contribution is 7.19. The Balaban J connectivity index is 1.60. The number of methoxy groups -OCH3 is 1. The lowest BCUT2D eigenvalue weighted by molar-refractivity contribution is 0.414. The number of nitrogens with zero attached hydrogens (tertiary/aromatic N) is 1. The Hall–Kier alpha value is -2.96. The zero-order chi connectivity index (χ0) is 22.0. The molecule has 1 unspecified atom stereocenters. The van der Waals surface area contributed by atoms with Gasteiger partial charge in [-0.2, -0.15) is 0 Å².